The molecule has 2 heterocycles. The summed E-state index contributed by atoms with van der Waals surface area (Å²) in [4.78, 5) is 0. The molecule has 3 N–H and O–H groups in total. The van der Waals surface area contributed by atoms with Gasteiger partial charge in [0.05, 0.1) is 6.04 Å². The van der Waals surface area contributed by atoms with Crippen molar-refractivity contribution in [3.05, 3.63) is 35.8 Å². The smallest absolute Gasteiger partial charge is 0.169 e. The number of thioether (sulfide) groups is 1. The Labute approximate surface area is 115 Å². The minimum atomic E-state index is -0.323. The summed E-state index contributed by atoms with van der Waals surface area (Å²) in [5, 5.41) is 1.18. The van der Waals surface area contributed by atoms with Gasteiger partial charge in [0.2, 0.25) is 0 Å². The van der Waals surface area contributed by atoms with E-state index in [0.717, 1.165) is 23.3 Å². The maximum atomic E-state index is 13.7. The normalized spacial score (nSPS) is 21.7. The first-order valence-corrected chi connectivity index (χ1v) is 7.60. The van der Waals surface area contributed by atoms with Crippen LogP contribution in [0.5, 0.6) is 0 Å². The second-order valence-electron chi connectivity index (χ2n) is 4.86. The van der Waals surface area contributed by atoms with Gasteiger partial charge in [0, 0.05) is 10.6 Å². The first kappa shape index (κ1) is 13.0. The Balaban J connectivity index is 1.94. The number of nitrogens with one attached hydrogen (secondary N) is 1. The lowest BCUT2D eigenvalue weighted by molar-refractivity contribution is 0.404. The van der Waals surface area contributed by atoms with Crippen LogP contribution in [0.25, 0.3) is 11.0 Å². The lowest BCUT2D eigenvalue weighted by Crippen LogP contribution is -2.36. The van der Waals surface area contributed by atoms with Crippen LogP contribution in [0.4, 0.5) is 4.39 Å². The number of halogens is 1. The zero-order valence-electron chi connectivity index (χ0n) is 10.6. The van der Waals surface area contributed by atoms with Crippen molar-refractivity contribution in [2.24, 2.45) is 5.84 Å². The molecule has 3 nitrogen and oxygen atoms in total. The largest absolute Gasteiger partial charge is 0.456 e. The number of hydrogen-bond donors (Lipinski definition) is 2. The fraction of sp³-hybridized carbons (Fsp3) is 0.429. The fourth-order valence-electron chi connectivity index (χ4n) is 2.60. The maximum absolute atomic E-state index is 13.7. The quantitative estimate of drug-likeness (QED) is 0.668. The standard InChI is InChI=1S/C14H17FN2OS/c15-10-5-3-4-9-8-11(18-14(9)10)13(17-16)12-6-1-2-7-19-12/h3-5,8,12-13,17H,1-2,6-7,16H2. The van der Waals surface area contributed by atoms with Crippen LogP contribution >= 0.6 is 11.8 Å². The molecule has 2 aromatic rings. The number of benzene rings is 1. The van der Waals surface area contributed by atoms with Gasteiger partial charge in [0.1, 0.15) is 5.76 Å². The van der Waals surface area contributed by atoms with Crippen molar-refractivity contribution in [1.82, 2.24) is 5.43 Å². The first-order chi connectivity index (χ1) is 9.29. The van der Waals surface area contributed by atoms with Gasteiger partial charge in [0.15, 0.2) is 11.4 Å². The SMILES string of the molecule is NNC(c1cc2cccc(F)c2o1)C1CCCCS1. The molecule has 5 heteroatoms. The predicted octanol–water partition coefficient (Wildman–Crippen LogP) is 3.36. The Kier molecular flexibility index (Phi) is 3.77. The number of rotatable bonds is 3. The van der Waals surface area contributed by atoms with Crippen LogP contribution in [-0.2, 0) is 0 Å². The number of nitrogens with two attached hydrogens (primary N) is 1. The van der Waals surface area contributed by atoms with Gasteiger partial charge in [-0.15, -0.1) is 0 Å². The highest BCUT2D eigenvalue weighted by Crippen LogP contribution is 2.36. The van der Waals surface area contributed by atoms with Gasteiger partial charge in [0.25, 0.3) is 0 Å². The number of fused-ring (bicyclic) bond motifs is 1. The molecule has 1 aliphatic heterocycles. The zero-order chi connectivity index (χ0) is 13.2. The molecule has 1 fully saturated rings. The van der Waals surface area contributed by atoms with E-state index in [-0.39, 0.29) is 11.9 Å². The first-order valence-electron chi connectivity index (χ1n) is 6.55. The Morgan fingerprint density at radius 3 is 3.00 bits per heavy atom. The van der Waals surface area contributed by atoms with Crippen LogP contribution in [0.15, 0.2) is 28.7 Å². The molecular weight excluding hydrogens is 263 g/mol. The van der Waals surface area contributed by atoms with E-state index in [2.05, 4.69) is 5.43 Å². The van der Waals surface area contributed by atoms with Crippen molar-refractivity contribution in [2.75, 3.05) is 5.75 Å². The van der Waals surface area contributed by atoms with Crippen molar-refractivity contribution < 1.29 is 8.81 Å². The molecule has 0 radical (unpaired) electrons. The van der Waals surface area contributed by atoms with Crippen LogP contribution in [0.2, 0.25) is 0 Å². The van der Waals surface area contributed by atoms with E-state index in [1.165, 1.54) is 18.9 Å². The molecular formula is C14H17FN2OS. The highest BCUT2D eigenvalue weighted by molar-refractivity contribution is 8.00. The summed E-state index contributed by atoms with van der Waals surface area (Å²) in [6.45, 7) is 0. The minimum Gasteiger partial charge on any atom is -0.456 e. The van der Waals surface area contributed by atoms with Gasteiger partial charge in [-0.1, -0.05) is 18.6 Å². The third kappa shape index (κ3) is 2.50. The molecule has 0 aliphatic carbocycles. The van der Waals surface area contributed by atoms with Gasteiger partial charge < -0.3 is 4.42 Å². The highest BCUT2D eigenvalue weighted by Gasteiger charge is 2.27. The van der Waals surface area contributed by atoms with Crippen LogP contribution < -0.4 is 11.3 Å². The summed E-state index contributed by atoms with van der Waals surface area (Å²) >= 11 is 1.91. The van der Waals surface area contributed by atoms with Gasteiger partial charge in [-0.2, -0.15) is 11.8 Å². The topological polar surface area (TPSA) is 51.2 Å². The molecule has 2 unspecified atom stereocenters. The monoisotopic (exact) mass is 280 g/mol. The highest BCUT2D eigenvalue weighted by atomic mass is 32.2. The Hall–Kier alpha value is -1.04. The van der Waals surface area contributed by atoms with Gasteiger partial charge in [-0.05, 0) is 30.7 Å². The molecule has 0 spiro atoms. The average Bonchev–Trinajstić information content (AvgIpc) is 2.86. The van der Waals surface area contributed by atoms with Crippen molar-refractivity contribution in [3.63, 3.8) is 0 Å². The van der Waals surface area contributed by atoms with E-state index < -0.39 is 0 Å². The van der Waals surface area contributed by atoms with E-state index in [4.69, 9.17) is 10.3 Å². The summed E-state index contributed by atoms with van der Waals surface area (Å²) in [6.07, 6.45) is 3.58. The van der Waals surface area contributed by atoms with E-state index in [9.17, 15) is 4.39 Å². The van der Waals surface area contributed by atoms with Crippen LogP contribution in [0.1, 0.15) is 31.1 Å². The Morgan fingerprint density at radius 2 is 2.32 bits per heavy atom. The summed E-state index contributed by atoms with van der Waals surface area (Å²) < 4.78 is 19.3. The summed E-state index contributed by atoms with van der Waals surface area (Å²) in [5.41, 5.74) is 3.15. The summed E-state index contributed by atoms with van der Waals surface area (Å²) in [6, 6.07) is 6.79. The van der Waals surface area contributed by atoms with Crippen molar-refractivity contribution in [1.29, 1.82) is 0 Å². The summed E-state index contributed by atoms with van der Waals surface area (Å²) in [7, 11) is 0. The molecule has 0 amide bonds. The van der Waals surface area contributed by atoms with Crippen molar-refractivity contribution in [2.45, 2.75) is 30.6 Å². The van der Waals surface area contributed by atoms with Gasteiger partial charge >= 0.3 is 0 Å². The van der Waals surface area contributed by atoms with Crippen molar-refractivity contribution in [3.8, 4) is 0 Å². The molecule has 1 aromatic carbocycles. The molecule has 2 atom stereocenters. The Bertz CT molecular complexity index is 566. The number of hydrazine groups is 1. The second kappa shape index (κ2) is 5.53. The Morgan fingerprint density at radius 1 is 1.42 bits per heavy atom. The third-order valence-electron chi connectivity index (χ3n) is 3.59. The lowest BCUT2D eigenvalue weighted by Gasteiger charge is -2.27. The lowest BCUT2D eigenvalue weighted by atomic mass is 10.1. The minimum absolute atomic E-state index is 0.0582. The van der Waals surface area contributed by atoms with Crippen LogP contribution in [0, 0.1) is 5.82 Å². The van der Waals surface area contributed by atoms with E-state index in [1.54, 1.807) is 6.07 Å². The summed E-state index contributed by atoms with van der Waals surface area (Å²) in [5.74, 6) is 7.23. The van der Waals surface area contributed by atoms with Gasteiger partial charge in [-0.3, -0.25) is 5.84 Å². The molecule has 1 saturated heterocycles. The molecule has 0 bridgehead atoms. The molecule has 102 valence electrons. The van der Waals surface area contributed by atoms with Gasteiger partial charge in [-0.25, -0.2) is 9.82 Å². The molecule has 0 saturated carbocycles. The predicted molar refractivity (Wildman–Crippen MR) is 76.3 cm³/mol. The molecule has 3 rings (SSSR count). The van der Waals surface area contributed by atoms with Crippen LogP contribution in [0.3, 0.4) is 0 Å². The maximum Gasteiger partial charge on any atom is 0.169 e. The zero-order valence-corrected chi connectivity index (χ0v) is 11.4. The molecule has 1 aromatic heterocycles. The average molecular weight is 280 g/mol. The third-order valence-corrected chi connectivity index (χ3v) is 5.05. The van der Waals surface area contributed by atoms with Crippen molar-refractivity contribution >= 4 is 22.7 Å². The second-order valence-corrected chi connectivity index (χ2v) is 6.20. The van der Waals surface area contributed by atoms with Crippen LogP contribution in [-0.4, -0.2) is 11.0 Å². The molecule has 1 aliphatic rings. The fourth-order valence-corrected chi connectivity index (χ4v) is 4.01. The van der Waals surface area contributed by atoms with E-state index in [1.807, 2.05) is 23.9 Å². The number of hydrogen-bond acceptors (Lipinski definition) is 4. The van der Waals surface area contributed by atoms with E-state index in [0.29, 0.717) is 10.8 Å². The molecule has 19 heavy (non-hydrogen) atoms. The van der Waals surface area contributed by atoms with E-state index >= 15 is 0 Å². The number of para-hydroxylation sites is 1. The number of furan rings is 1.